The Bertz CT molecular complexity index is 221. The number of carbonyl (C=O) groups excluding carboxylic acids is 1. The fraction of sp³-hybridized carbons (Fsp3) is 0.875. The Morgan fingerprint density at radius 2 is 1.71 bits per heavy atom. The van der Waals surface area contributed by atoms with Crippen molar-refractivity contribution < 1.29 is 22.7 Å². The summed E-state index contributed by atoms with van der Waals surface area (Å²) in [6.45, 7) is 0. The number of rotatable bonds is 1. The van der Waals surface area contributed by atoms with Crippen molar-refractivity contribution in [1.82, 2.24) is 0 Å². The predicted octanol–water partition coefficient (Wildman–Crippen LogP) is 3.63. The van der Waals surface area contributed by atoms with Gasteiger partial charge in [0.2, 0.25) is 5.60 Å². The van der Waals surface area contributed by atoms with Gasteiger partial charge in [0.05, 0.1) is 0 Å². The number of hydrogen-bond donors (Lipinski definition) is 0. The SMILES string of the molecule is O=C(Cl)OC1(C(F)(F)F)CCCCC1. The van der Waals surface area contributed by atoms with E-state index in [2.05, 4.69) is 4.74 Å². The van der Waals surface area contributed by atoms with Crippen molar-refractivity contribution in [3.05, 3.63) is 0 Å². The molecule has 0 aromatic carbocycles. The standard InChI is InChI=1S/C8H10ClF3O2/c9-6(13)14-7(8(10,11)12)4-2-1-3-5-7/h1-5H2. The summed E-state index contributed by atoms with van der Waals surface area (Å²) >= 11 is 4.85. The number of alkyl halides is 3. The van der Waals surface area contributed by atoms with Crippen molar-refractivity contribution >= 4 is 17.0 Å². The van der Waals surface area contributed by atoms with Gasteiger partial charge in [-0.2, -0.15) is 13.2 Å². The van der Waals surface area contributed by atoms with Crippen molar-refractivity contribution in [3.8, 4) is 0 Å². The van der Waals surface area contributed by atoms with Gasteiger partial charge in [-0.15, -0.1) is 0 Å². The van der Waals surface area contributed by atoms with Crippen LogP contribution in [0.3, 0.4) is 0 Å². The van der Waals surface area contributed by atoms with Crippen molar-refractivity contribution in [2.75, 3.05) is 0 Å². The lowest BCUT2D eigenvalue weighted by atomic mass is 9.84. The summed E-state index contributed by atoms with van der Waals surface area (Å²) in [5.41, 5.74) is -3.73. The van der Waals surface area contributed by atoms with Crippen LogP contribution in [0.15, 0.2) is 0 Å². The van der Waals surface area contributed by atoms with Crippen LogP contribution in [0.25, 0.3) is 0 Å². The summed E-state index contributed by atoms with van der Waals surface area (Å²) < 4.78 is 42.1. The molecule has 0 aromatic heterocycles. The van der Waals surface area contributed by atoms with Crippen LogP contribution in [0.4, 0.5) is 18.0 Å². The van der Waals surface area contributed by atoms with Crippen LogP contribution in [-0.4, -0.2) is 17.2 Å². The normalized spacial score (nSPS) is 21.7. The molecular weight excluding hydrogens is 221 g/mol. The molecule has 0 N–H and O–H groups in total. The molecule has 0 unspecified atom stereocenters. The van der Waals surface area contributed by atoms with Gasteiger partial charge in [-0.3, -0.25) is 0 Å². The number of halogens is 4. The molecule has 0 bridgehead atoms. The first kappa shape index (κ1) is 11.6. The third kappa shape index (κ3) is 2.32. The molecule has 0 spiro atoms. The fourth-order valence-electron chi connectivity index (χ4n) is 1.72. The van der Waals surface area contributed by atoms with Crippen LogP contribution in [0.2, 0.25) is 0 Å². The van der Waals surface area contributed by atoms with Crippen LogP contribution in [-0.2, 0) is 4.74 Å². The van der Waals surface area contributed by atoms with Crippen molar-refractivity contribution in [2.24, 2.45) is 0 Å². The maximum Gasteiger partial charge on any atom is 0.428 e. The van der Waals surface area contributed by atoms with Gasteiger partial charge in [0.25, 0.3) is 0 Å². The van der Waals surface area contributed by atoms with E-state index in [9.17, 15) is 18.0 Å². The number of ether oxygens (including phenoxy) is 1. The highest BCUT2D eigenvalue weighted by molar-refractivity contribution is 6.61. The van der Waals surface area contributed by atoms with Gasteiger partial charge in [-0.05, 0) is 25.7 Å². The highest BCUT2D eigenvalue weighted by Crippen LogP contribution is 2.44. The maximum absolute atomic E-state index is 12.6. The molecule has 0 radical (unpaired) electrons. The molecule has 6 heteroatoms. The molecule has 82 valence electrons. The third-order valence-corrected chi connectivity index (χ3v) is 2.53. The molecule has 0 atom stereocenters. The highest BCUT2D eigenvalue weighted by Gasteiger charge is 2.58. The summed E-state index contributed by atoms with van der Waals surface area (Å²) in [6, 6.07) is 0. The summed E-state index contributed by atoms with van der Waals surface area (Å²) in [4.78, 5) is 10.4. The van der Waals surface area contributed by atoms with E-state index in [1.165, 1.54) is 0 Å². The largest absolute Gasteiger partial charge is 0.437 e. The molecule has 2 nitrogen and oxygen atoms in total. The number of hydrogen-bond acceptors (Lipinski definition) is 2. The van der Waals surface area contributed by atoms with Crippen LogP contribution in [0.5, 0.6) is 0 Å². The Kier molecular flexibility index (Phi) is 3.29. The summed E-state index contributed by atoms with van der Waals surface area (Å²) in [7, 11) is 0. The third-order valence-electron chi connectivity index (χ3n) is 2.45. The number of carbonyl (C=O) groups is 1. The predicted molar refractivity (Wildman–Crippen MR) is 44.2 cm³/mol. The zero-order valence-corrected chi connectivity index (χ0v) is 8.12. The molecule has 0 aromatic rings. The average molecular weight is 231 g/mol. The minimum Gasteiger partial charge on any atom is -0.437 e. The molecule has 1 rings (SSSR count). The van der Waals surface area contributed by atoms with Gasteiger partial charge < -0.3 is 4.74 Å². The molecule has 0 aliphatic heterocycles. The van der Waals surface area contributed by atoms with Crippen LogP contribution >= 0.6 is 11.6 Å². The van der Waals surface area contributed by atoms with Crippen LogP contribution in [0, 0.1) is 0 Å². The van der Waals surface area contributed by atoms with E-state index >= 15 is 0 Å². The zero-order chi connectivity index (χ0) is 10.8. The van der Waals surface area contributed by atoms with Crippen LogP contribution < -0.4 is 0 Å². The lowest BCUT2D eigenvalue weighted by Crippen LogP contribution is -2.49. The Morgan fingerprint density at radius 1 is 1.21 bits per heavy atom. The second-order valence-corrected chi connectivity index (χ2v) is 3.70. The molecule has 1 aliphatic carbocycles. The van der Waals surface area contributed by atoms with Crippen molar-refractivity contribution in [2.45, 2.75) is 43.9 Å². The van der Waals surface area contributed by atoms with E-state index in [1.54, 1.807) is 0 Å². The Labute approximate surface area is 84.4 Å². The smallest absolute Gasteiger partial charge is 0.428 e. The van der Waals surface area contributed by atoms with Gasteiger partial charge in [0.1, 0.15) is 0 Å². The second kappa shape index (κ2) is 3.96. The first-order valence-corrected chi connectivity index (χ1v) is 4.70. The summed E-state index contributed by atoms with van der Waals surface area (Å²) in [5, 5.41) is 0. The van der Waals surface area contributed by atoms with Crippen LogP contribution in [0.1, 0.15) is 32.1 Å². The first-order valence-electron chi connectivity index (χ1n) is 4.33. The minimum absolute atomic E-state index is 0.186. The molecule has 14 heavy (non-hydrogen) atoms. The molecule has 1 aliphatic rings. The minimum atomic E-state index is -4.53. The summed E-state index contributed by atoms with van der Waals surface area (Å²) in [6.07, 6.45) is -3.35. The van der Waals surface area contributed by atoms with E-state index in [0.717, 1.165) is 6.42 Å². The van der Waals surface area contributed by atoms with E-state index in [0.29, 0.717) is 12.8 Å². The van der Waals surface area contributed by atoms with Gasteiger partial charge in [-0.25, -0.2) is 4.79 Å². The van der Waals surface area contributed by atoms with Crippen molar-refractivity contribution in [1.29, 1.82) is 0 Å². The monoisotopic (exact) mass is 230 g/mol. The average Bonchev–Trinajstić information content (AvgIpc) is 2.02. The lowest BCUT2D eigenvalue weighted by Gasteiger charge is -2.37. The topological polar surface area (TPSA) is 26.3 Å². The van der Waals surface area contributed by atoms with Gasteiger partial charge >= 0.3 is 11.6 Å². The Hall–Kier alpha value is -0.450. The summed E-state index contributed by atoms with van der Waals surface area (Å²) in [5.74, 6) is 0. The molecule has 0 heterocycles. The highest BCUT2D eigenvalue weighted by atomic mass is 35.5. The Balaban J connectivity index is 2.83. The van der Waals surface area contributed by atoms with Gasteiger partial charge in [-0.1, -0.05) is 6.42 Å². The zero-order valence-electron chi connectivity index (χ0n) is 7.36. The maximum atomic E-state index is 12.6. The molecule has 0 amide bonds. The lowest BCUT2D eigenvalue weighted by molar-refractivity contribution is -0.265. The molecule has 1 fully saturated rings. The van der Waals surface area contributed by atoms with Gasteiger partial charge in [0.15, 0.2) is 0 Å². The molecule has 1 saturated carbocycles. The van der Waals surface area contributed by atoms with E-state index < -0.39 is 17.2 Å². The van der Waals surface area contributed by atoms with E-state index in [-0.39, 0.29) is 12.8 Å². The molecule has 0 saturated heterocycles. The van der Waals surface area contributed by atoms with E-state index in [4.69, 9.17) is 11.6 Å². The first-order chi connectivity index (χ1) is 6.37. The fourth-order valence-corrected chi connectivity index (χ4v) is 1.87. The van der Waals surface area contributed by atoms with Crippen molar-refractivity contribution in [3.63, 3.8) is 0 Å². The Morgan fingerprint density at radius 3 is 2.07 bits per heavy atom. The second-order valence-electron chi connectivity index (χ2n) is 3.39. The molecular formula is C8H10ClF3O2. The van der Waals surface area contributed by atoms with E-state index in [1.807, 2.05) is 0 Å². The van der Waals surface area contributed by atoms with Gasteiger partial charge in [0, 0.05) is 11.6 Å². The quantitative estimate of drug-likeness (QED) is 0.643.